The third kappa shape index (κ3) is 5.27. The predicted octanol–water partition coefficient (Wildman–Crippen LogP) is 4.14. The highest BCUT2D eigenvalue weighted by atomic mass is 19.2. The summed E-state index contributed by atoms with van der Waals surface area (Å²) in [5.41, 5.74) is 1.72. The molecule has 1 fully saturated rings. The lowest BCUT2D eigenvalue weighted by atomic mass is 9.78. The van der Waals surface area contributed by atoms with Crippen LogP contribution in [0.1, 0.15) is 34.3 Å². The number of carbonyl (C=O) groups is 2. The summed E-state index contributed by atoms with van der Waals surface area (Å²) in [4.78, 5) is 27.5. The van der Waals surface area contributed by atoms with Crippen molar-refractivity contribution in [1.29, 1.82) is 0 Å². The van der Waals surface area contributed by atoms with Gasteiger partial charge in [0.15, 0.2) is 11.6 Å². The molecule has 0 aromatic heterocycles. The molecule has 3 aromatic rings. The van der Waals surface area contributed by atoms with Crippen molar-refractivity contribution in [2.75, 3.05) is 25.0 Å². The first-order chi connectivity index (χ1) is 17.8. The van der Waals surface area contributed by atoms with Gasteiger partial charge in [-0.05, 0) is 55.2 Å². The molecule has 5 rings (SSSR count). The zero-order chi connectivity index (χ0) is 26.0. The van der Waals surface area contributed by atoms with Gasteiger partial charge in [0.25, 0.3) is 5.91 Å². The van der Waals surface area contributed by atoms with Gasteiger partial charge < -0.3 is 26.0 Å². The Hall–Kier alpha value is -3.98. The minimum atomic E-state index is -1.07. The number of rotatable bonds is 6. The number of fused-ring (bicyclic) bond motifs is 2. The summed E-state index contributed by atoms with van der Waals surface area (Å²) < 4.78 is 27.1. The smallest absolute Gasteiger partial charge is 0.319 e. The first kappa shape index (κ1) is 24.7. The Morgan fingerprint density at radius 1 is 1.03 bits per heavy atom. The fourth-order valence-electron chi connectivity index (χ4n) is 5.35. The molecule has 192 valence electrons. The molecule has 2 heterocycles. The number of hydrogen-bond donors (Lipinski definition) is 4. The van der Waals surface area contributed by atoms with Gasteiger partial charge in [-0.15, -0.1) is 0 Å². The van der Waals surface area contributed by atoms with Gasteiger partial charge in [-0.1, -0.05) is 36.4 Å². The van der Waals surface area contributed by atoms with Crippen molar-refractivity contribution < 1.29 is 23.5 Å². The van der Waals surface area contributed by atoms with Crippen molar-refractivity contribution in [3.05, 3.63) is 95.1 Å². The topological polar surface area (TPSA) is 93.7 Å². The molecule has 2 aliphatic heterocycles. The monoisotopic (exact) mass is 506 g/mol. The zero-order valence-corrected chi connectivity index (χ0v) is 20.1. The molecule has 4 N–H and O–H groups in total. The number of halogens is 2. The average Bonchev–Trinajstić information content (AvgIpc) is 2.87. The lowest BCUT2D eigenvalue weighted by molar-refractivity contribution is 0.0897. The second kappa shape index (κ2) is 10.2. The van der Waals surface area contributed by atoms with E-state index in [-0.39, 0.29) is 23.4 Å². The fourth-order valence-corrected chi connectivity index (χ4v) is 5.35. The second-order valence-electron chi connectivity index (χ2n) is 9.65. The third-order valence-electron chi connectivity index (χ3n) is 7.15. The molecule has 1 spiro atoms. The number of nitrogens with one attached hydrogen (secondary N) is 3. The van der Waals surface area contributed by atoms with Gasteiger partial charge in [-0.3, -0.25) is 4.79 Å². The van der Waals surface area contributed by atoms with Crippen LogP contribution < -0.4 is 16.0 Å². The second-order valence-corrected chi connectivity index (χ2v) is 9.65. The Morgan fingerprint density at radius 3 is 2.51 bits per heavy atom. The summed E-state index contributed by atoms with van der Waals surface area (Å²) in [6.07, 6.45) is 1.72. The number of likely N-dealkylation sites (tertiary alicyclic amines) is 1. The summed E-state index contributed by atoms with van der Waals surface area (Å²) in [6, 6.07) is 17.4. The van der Waals surface area contributed by atoms with Crippen LogP contribution in [-0.4, -0.2) is 47.6 Å². The molecule has 37 heavy (non-hydrogen) atoms. The minimum Gasteiger partial charge on any atom is -0.507 e. The normalized spacial score (nSPS) is 17.4. The Bertz CT molecular complexity index is 1310. The molecule has 0 unspecified atom stereocenters. The number of hydrogen-bond acceptors (Lipinski definition) is 4. The van der Waals surface area contributed by atoms with Crippen LogP contribution in [0.4, 0.5) is 19.3 Å². The number of phenolic OH excluding ortho intramolecular Hbond substituents is 1. The molecule has 0 radical (unpaired) electrons. The minimum absolute atomic E-state index is 0.0547. The van der Waals surface area contributed by atoms with Crippen molar-refractivity contribution >= 4 is 17.6 Å². The van der Waals surface area contributed by atoms with E-state index >= 15 is 0 Å². The molecule has 2 aliphatic rings. The van der Waals surface area contributed by atoms with Crippen molar-refractivity contribution in [3.63, 3.8) is 0 Å². The van der Waals surface area contributed by atoms with E-state index in [4.69, 9.17) is 0 Å². The maximum Gasteiger partial charge on any atom is 0.319 e. The Kier molecular flexibility index (Phi) is 6.80. The fraction of sp³-hybridized carbons (Fsp3) is 0.286. The molecular formula is C28H28F2N4O3. The Balaban J connectivity index is 1.31. The van der Waals surface area contributed by atoms with E-state index in [9.17, 15) is 23.5 Å². The quantitative estimate of drug-likeness (QED) is 0.404. The SMILES string of the molecule is O=C1Nc2cccc(O)c2C2(CCN(C[C@H](Cc3ccccc3)NC(=O)c3ccc(F)c(F)c3)CC2)N1. The summed E-state index contributed by atoms with van der Waals surface area (Å²) in [7, 11) is 0. The number of urea groups is 1. The van der Waals surface area contributed by atoms with Crippen LogP contribution in [-0.2, 0) is 12.0 Å². The first-order valence-corrected chi connectivity index (χ1v) is 12.3. The van der Waals surface area contributed by atoms with Crippen LogP contribution in [0.15, 0.2) is 66.7 Å². The highest BCUT2D eigenvalue weighted by Crippen LogP contribution is 2.44. The number of piperidine rings is 1. The molecule has 0 bridgehead atoms. The van der Waals surface area contributed by atoms with Gasteiger partial charge >= 0.3 is 6.03 Å². The summed E-state index contributed by atoms with van der Waals surface area (Å²) in [5, 5.41) is 19.4. The van der Waals surface area contributed by atoms with Crippen LogP contribution in [0.3, 0.4) is 0 Å². The number of benzene rings is 3. The van der Waals surface area contributed by atoms with Crippen molar-refractivity contribution in [2.24, 2.45) is 0 Å². The van der Waals surface area contributed by atoms with Gasteiger partial charge in [0.2, 0.25) is 0 Å². The van der Waals surface area contributed by atoms with Crippen LogP contribution >= 0.6 is 0 Å². The Labute approximate surface area is 213 Å². The van der Waals surface area contributed by atoms with E-state index < -0.39 is 23.1 Å². The largest absolute Gasteiger partial charge is 0.507 e. The molecule has 3 amide bonds. The van der Waals surface area contributed by atoms with Crippen molar-refractivity contribution in [1.82, 2.24) is 15.5 Å². The summed E-state index contributed by atoms with van der Waals surface area (Å²) >= 11 is 0. The van der Waals surface area contributed by atoms with Crippen molar-refractivity contribution in [3.8, 4) is 5.75 Å². The molecule has 3 aromatic carbocycles. The van der Waals surface area contributed by atoms with E-state index in [1.165, 1.54) is 6.07 Å². The van der Waals surface area contributed by atoms with Crippen LogP contribution in [0.2, 0.25) is 0 Å². The molecule has 0 saturated carbocycles. The van der Waals surface area contributed by atoms with E-state index in [2.05, 4.69) is 20.9 Å². The van der Waals surface area contributed by atoms with E-state index in [1.54, 1.807) is 18.2 Å². The van der Waals surface area contributed by atoms with Crippen LogP contribution in [0.5, 0.6) is 5.75 Å². The number of nitrogens with zero attached hydrogens (tertiary/aromatic N) is 1. The molecular weight excluding hydrogens is 478 g/mol. The zero-order valence-electron chi connectivity index (χ0n) is 20.1. The lowest BCUT2D eigenvalue weighted by Gasteiger charge is -2.46. The highest BCUT2D eigenvalue weighted by Gasteiger charge is 2.44. The van der Waals surface area contributed by atoms with Gasteiger partial charge in [0.05, 0.1) is 11.2 Å². The van der Waals surface area contributed by atoms with E-state index in [0.717, 1.165) is 17.7 Å². The van der Waals surface area contributed by atoms with Crippen LogP contribution in [0, 0.1) is 11.6 Å². The number of aromatic hydroxyl groups is 1. The number of carbonyl (C=O) groups excluding carboxylic acids is 2. The van der Waals surface area contributed by atoms with Crippen LogP contribution in [0.25, 0.3) is 0 Å². The maximum absolute atomic E-state index is 13.7. The van der Waals surface area contributed by atoms with E-state index in [1.807, 2.05) is 30.3 Å². The predicted molar refractivity (Wildman–Crippen MR) is 135 cm³/mol. The maximum atomic E-state index is 13.7. The molecule has 1 saturated heterocycles. The number of phenols is 1. The van der Waals surface area contributed by atoms with Gasteiger partial charge in [-0.25, -0.2) is 13.6 Å². The number of anilines is 1. The third-order valence-corrected chi connectivity index (χ3v) is 7.15. The van der Waals surface area contributed by atoms with Crippen molar-refractivity contribution in [2.45, 2.75) is 30.8 Å². The first-order valence-electron chi connectivity index (χ1n) is 12.3. The molecule has 1 atom stereocenters. The lowest BCUT2D eigenvalue weighted by Crippen LogP contribution is -2.58. The number of amides is 3. The summed E-state index contributed by atoms with van der Waals surface area (Å²) in [5.74, 6) is -2.41. The van der Waals surface area contributed by atoms with Gasteiger partial charge in [0, 0.05) is 36.8 Å². The van der Waals surface area contributed by atoms with Gasteiger partial charge in [-0.2, -0.15) is 0 Å². The molecule has 0 aliphatic carbocycles. The molecule has 9 heteroatoms. The van der Waals surface area contributed by atoms with Gasteiger partial charge in [0.1, 0.15) is 5.75 Å². The van der Waals surface area contributed by atoms with E-state index in [0.29, 0.717) is 50.1 Å². The standard InChI is InChI=1S/C28H28F2N4O3/c29-21-10-9-19(16-22(21)30)26(36)31-20(15-18-5-2-1-3-6-18)17-34-13-11-28(12-14-34)25-23(32-27(37)33-28)7-4-8-24(25)35/h1-10,16,20,35H,11-15,17H2,(H,31,36)(H2,32,33,37)/t20-/m0/s1. The Morgan fingerprint density at radius 2 is 1.78 bits per heavy atom. The average molecular weight is 507 g/mol. The highest BCUT2D eigenvalue weighted by molar-refractivity contribution is 5.95. The molecule has 7 nitrogen and oxygen atoms in total. The summed E-state index contributed by atoms with van der Waals surface area (Å²) in [6.45, 7) is 1.78.